The Morgan fingerprint density at radius 1 is 1.00 bits per heavy atom. The van der Waals surface area contributed by atoms with Gasteiger partial charge in [-0.25, -0.2) is 4.98 Å². The van der Waals surface area contributed by atoms with E-state index in [9.17, 15) is 13.2 Å². The summed E-state index contributed by atoms with van der Waals surface area (Å²) in [5.74, 6) is 0.983. The number of aromatic nitrogens is 3. The number of hydrogen-bond acceptors (Lipinski definition) is 4. The lowest BCUT2D eigenvalue weighted by Gasteiger charge is -2.06. The van der Waals surface area contributed by atoms with E-state index in [2.05, 4.69) is 15.0 Å². The number of halogens is 3. The number of alkyl halides is 3. The zero-order valence-corrected chi connectivity index (χ0v) is 11.6. The molecule has 3 aromatic rings. The Hall–Kier alpha value is -3.03. The molecule has 0 saturated carbocycles. The minimum atomic E-state index is -4.48. The number of H-pyrrole nitrogens is 1. The van der Waals surface area contributed by atoms with Crippen molar-refractivity contribution in [1.82, 2.24) is 15.0 Å². The average molecular weight is 320 g/mol. The fourth-order valence-electron chi connectivity index (χ4n) is 1.87. The van der Waals surface area contributed by atoms with E-state index in [1.54, 1.807) is 30.3 Å². The fourth-order valence-corrected chi connectivity index (χ4v) is 1.87. The van der Waals surface area contributed by atoms with Crippen molar-refractivity contribution in [1.29, 1.82) is 0 Å². The van der Waals surface area contributed by atoms with Gasteiger partial charge >= 0.3 is 6.18 Å². The van der Waals surface area contributed by atoms with Crippen LogP contribution in [0.25, 0.3) is 11.5 Å². The van der Waals surface area contributed by atoms with E-state index in [0.29, 0.717) is 17.2 Å². The van der Waals surface area contributed by atoms with Gasteiger partial charge < -0.3 is 15.5 Å². The third-order valence-corrected chi connectivity index (χ3v) is 2.97. The first kappa shape index (κ1) is 14.9. The van der Waals surface area contributed by atoms with Crippen LogP contribution in [0.1, 0.15) is 5.69 Å². The minimum Gasteiger partial charge on any atom is -0.457 e. The van der Waals surface area contributed by atoms with Crippen molar-refractivity contribution >= 4 is 5.69 Å². The summed E-state index contributed by atoms with van der Waals surface area (Å²) in [6, 6.07) is 9.82. The van der Waals surface area contributed by atoms with Gasteiger partial charge in [-0.1, -0.05) is 0 Å². The number of ether oxygens (including phenoxy) is 1. The molecule has 0 radical (unpaired) electrons. The van der Waals surface area contributed by atoms with Crippen LogP contribution in [-0.2, 0) is 6.18 Å². The Morgan fingerprint density at radius 2 is 1.74 bits per heavy atom. The molecule has 0 unspecified atom stereocenters. The molecule has 2 heterocycles. The van der Waals surface area contributed by atoms with Crippen LogP contribution in [0.2, 0.25) is 0 Å². The maximum Gasteiger partial charge on any atom is 0.432 e. The molecule has 5 nitrogen and oxygen atoms in total. The van der Waals surface area contributed by atoms with Crippen molar-refractivity contribution in [3.63, 3.8) is 0 Å². The summed E-state index contributed by atoms with van der Waals surface area (Å²) < 4.78 is 43.4. The zero-order valence-electron chi connectivity index (χ0n) is 11.6. The highest BCUT2D eigenvalue weighted by Crippen LogP contribution is 2.30. The molecule has 1 aromatic carbocycles. The molecule has 0 fully saturated rings. The standard InChI is InChI=1S/C15H11F3N4O/c16-15(17,18)13-8-21-14(22-13)12-7-11(5-6-20-12)23-10-3-1-9(19)2-4-10/h1-8H,19H2,(H,21,22). The van der Waals surface area contributed by atoms with Crippen LogP contribution >= 0.6 is 0 Å². The quantitative estimate of drug-likeness (QED) is 0.718. The van der Waals surface area contributed by atoms with Gasteiger partial charge in [0.25, 0.3) is 0 Å². The Labute approximate surface area is 129 Å². The molecule has 0 bridgehead atoms. The summed E-state index contributed by atoms with van der Waals surface area (Å²) in [5.41, 5.74) is 5.50. The summed E-state index contributed by atoms with van der Waals surface area (Å²) in [6.45, 7) is 0. The molecule has 2 aromatic heterocycles. The molecule has 0 aliphatic heterocycles. The summed E-state index contributed by atoms with van der Waals surface area (Å²) in [6.07, 6.45) is -2.33. The van der Waals surface area contributed by atoms with E-state index in [4.69, 9.17) is 10.5 Å². The molecule has 23 heavy (non-hydrogen) atoms. The lowest BCUT2D eigenvalue weighted by molar-refractivity contribution is -0.140. The zero-order chi connectivity index (χ0) is 16.4. The summed E-state index contributed by atoms with van der Waals surface area (Å²) in [4.78, 5) is 9.90. The highest BCUT2D eigenvalue weighted by atomic mass is 19.4. The normalized spacial score (nSPS) is 11.4. The third-order valence-electron chi connectivity index (χ3n) is 2.97. The van der Waals surface area contributed by atoms with E-state index in [0.717, 1.165) is 6.20 Å². The second-order valence-electron chi connectivity index (χ2n) is 4.69. The predicted molar refractivity (Wildman–Crippen MR) is 77.7 cm³/mol. The number of aromatic amines is 1. The van der Waals surface area contributed by atoms with Crippen LogP contribution in [0.3, 0.4) is 0 Å². The van der Waals surface area contributed by atoms with Gasteiger partial charge in [0, 0.05) is 18.0 Å². The molecule has 0 aliphatic carbocycles. The minimum absolute atomic E-state index is 0.0140. The van der Waals surface area contributed by atoms with Crippen LogP contribution in [0, 0.1) is 0 Å². The number of nitrogen functional groups attached to an aromatic ring is 1. The van der Waals surface area contributed by atoms with E-state index in [1.165, 1.54) is 12.3 Å². The third kappa shape index (κ3) is 3.42. The van der Waals surface area contributed by atoms with Gasteiger partial charge in [-0.05, 0) is 30.3 Å². The number of benzene rings is 1. The Balaban J connectivity index is 1.85. The summed E-state index contributed by atoms with van der Waals surface area (Å²) in [5, 5.41) is 0. The van der Waals surface area contributed by atoms with E-state index in [-0.39, 0.29) is 11.5 Å². The first-order valence-corrected chi connectivity index (χ1v) is 6.54. The molecule has 8 heteroatoms. The molecular weight excluding hydrogens is 309 g/mol. The van der Waals surface area contributed by atoms with E-state index >= 15 is 0 Å². The van der Waals surface area contributed by atoms with Crippen molar-refractivity contribution < 1.29 is 17.9 Å². The smallest absolute Gasteiger partial charge is 0.432 e. The van der Waals surface area contributed by atoms with Crippen molar-refractivity contribution in [2.45, 2.75) is 6.18 Å². The number of nitrogens with one attached hydrogen (secondary N) is 1. The Morgan fingerprint density at radius 3 is 2.39 bits per heavy atom. The van der Waals surface area contributed by atoms with Crippen molar-refractivity contribution in [2.24, 2.45) is 0 Å². The van der Waals surface area contributed by atoms with Crippen LogP contribution < -0.4 is 10.5 Å². The maximum absolute atomic E-state index is 12.6. The van der Waals surface area contributed by atoms with Gasteiger partial charge in [-0.3, -0.25) is 4.98 Å². The average Bonchev–Trinajstić information content (AvgIpc) is 3.00. The first-order valence-electron chi connectivity index (χ1n) is 6.54. The molecule has 0 atom stereocenters. The van der Waals surface area contributed by atoms with Gasteiger partial charge in [0.05, 0.1) is 6.20 Å². The van der Waals surface area contributed by atoms with Gasteiger partial charge in [-0.2, -0.15) is 13.2 Å². The molecule has 3 N–H and O–H groups in total. The molecule has 118 valence electrons. The van der Waals surface area contributed by atoms with Crippen molar-refractivity contribution in [3.8, 4) is 23.0 Å². The molecule has 0 saturated heterocycles. The lowest BCUT2D eigenvalue weighted by atomic mass is 10.3. The number of imidazole rings is 1. The van der Waals surface area contributed by atoms with Gasteiger partial charge in [0.2, 0.25) is 0 Å². The summed E-state index contributed by atoms with van der Waals surface area (Å²) >= 11 is 0. The highest BCUT2D eigenvalue weighted by molar-refractivity contribution is 5.53. The SMILES string of the molecule is Nc1ccc(Oc2ccnc(-c3ncc(C(F)(F)F)[nH]3)c2)cc1. The molecular formula is C15H11F3N4O. The Kier molecular flexibility index (Phi) is 3.65. The van der Waals surface area contributed by atoms with Gasteiger partial charge in [0.1, 0.15) is 22.9 Å². The number of anilines is 1. The van der Waals surface area contributed by atoms with Crippen LogP contribution in [0.15, 0.2) is 48.8 Å². The lowest BCUT2D eigenvalue weighted by Crippen LogP contribution is -2.04. The Bertz CT molecular complexity index is 812. The maximum atomic E-state index is 12.6. The van der Waals surface area contributed by atoms with Gasteiger partial charge in [0.15, 0.2) is 5.82 Å². The predicted octanol–water partition coefficient (Wildman–Crippen LogP) is 3.87. The molecule has 0 amide bonds. The van der Waals surface area contributed by atoms with E-state index in [1.807, 2.05) is 0 Å². The fraction of sp³-hybridized carbons (Fsp3) is 0.0667. The van der Waals surface area contributed by atoms with Crippen molar-refractivity contribution in [2.75, 3.05) is 5.73 Å². The molecule has 0 aliphatic rings. The number of pyridine rings is 1. The van der Waals surface area contributed by atoms with Crippen molar-refractivity contribution in [3.05, 3.63) is 54.5 Å². The van der Waals surface area contributed by atoms with Crippen LogP contribution in [0.5, 0.6) is 11.5 Å². The second-order valence-corrected chi connectivity index (χ2v) is 4.69. The number of nitrogens with zero attached hydrogens (tertiary/aromatic N) is 2. The van der Waals surface area contributed by atoms with Crippen LogP contribution in [0.4, 0.5) is 18.9 Å². The molecule has 0 spiro atoms. The first-order chi connectivity index (χ1) is 10.9. The number of nitrogens with two attached hydrogens (primary N) is 1. The molecule has 3 rings (SSSR count). The largest absolute Gasteiger partial charge is 0.457 e. The van der Waals surface area contributed by atoms with Gasteiger partial charge in [-0.15, -0.1) is 0 Å². The second kappa shape index (κ2) is 5.64. The topological polar surface area (TPSA) is 76.8 Å². The monoisotopic (exact) mass is 320 g/mol. The highest BCUT2D eigenvalue weighted by Gasteiger charge is 2.33. The summed E-state index contributed by atoms with van der Waals surface area (Å²) in [7, 11) is 0. The van der Waals surface area contributed by atoms with E-state index < -0.39 is 11.9 Å². The number of hydrogen-bond donors (Lipinski definition) is 2. The van der Waals surface area contributed by atoms with Crippen LogP contribution in [-0.4, -0.2) is 15.0 Å². The number of rotatable bonds is 3.